The van der Waals surface area contributed by atoms with Gasteiger partial charge in [-0.25, -0.2) is 0 Å². The van der Waals surface area contributed by atoms with Gasteiger partial charge in [-0.05, 0) is 37.1 Å². The Labute approximate surface area is 121 Å². The second-order valence-corrected chi connectivity index (χ2v) is 5.81. The molecular weight excluding hydrogens is 306 g/mol. The zero-order chi connectivity index (χ0) is 13.2. The van der Waals surface area contributed by atoms with Crippen molar-refractivity contribution in [1.29, 1.82) is 0 Å². The van der Waals surface area contributed by atoms with Crippen LogP contribution in [0.1, 0.15) is 36.2 Å². The molecule has 2 heterocycles. The predicted molar refractivity (Wildman–Crippen MR) is 75.6 cm³/mol. The van der Waals surface area contributed by atoms with Gasteiger partial charge in [0.05, 0.1) is 6.54 Å². The third-order valence-corrected chi connectivity index (χ3v) is 4.00. The van der Waals surface area contributed by atoms with E-state index in [-0.39, 0.29) is 0 Å². The molecule has 1 aromatic heterocycles. The first-order valence-electron chi connectivity index (χ1n) is 6.51. The summed E-state index contributed by atoms with van der Waals surface area (Å²) in [7, 11) is 0. The second kappa shape index (κ2) is 5.43. The summed E-state index contributed by atoms with van der Waals surface area (Å²) < 4.78 is 6.61. The lowest BCUT2D eigenvalue weighted by molar-refractivity contribution is 0.222. The Balaban J connectivity index is 1.78. The van der Waals surface area contributed by atoms with E-state index in [9.17, 15) is 0 Å². The van der Waals surface area contributed by atoms with E-state index >= 15 is 0 Å². The van der Waals surface area contributed by atoms with Crippen LogP contribution in [0, 0.1) is 6.92 Å². The molecule has 1 aliphatic rings. The van der Waals surface area contributed by atoms with E-state index < -0.39 is 0 Å². The number of hydrogen-bond acceptors (Lipinski definition) is 4. The minimum Gasteiger partial charge on any atom is -0.424 e. The Morgan fingerprint density at radius 1 is 1.42 bits per heavy atom. The van der Waals surface area contributed by atoms with Crippen LogP contribution in [0.25, 0.3) is 0 Å². The van der Waals surface area contributed by atoms with E-state index in [0.29, 0.717) is 17.8 Å². The highest BCUT2D eigenvalue weighted by molar-refractivity contribution is 9.10. The van der Waals surface area contributed by atoms with Crippen LogP contribution in [0.2, 0.25) is 0 Å². The van der Waals surface area contributed by atoms with Crippen LogP contribution in [0.5, 0.6) is 0 Å². The molecule has 1 aliphatic heterocycles. The van der Waals surface area contributed by atoms with Crippen LogP contribution in [0.15, 0.2) is 33.2 Å². The fourth-order valence-electron chi connectivity index (χ4n) is 2.68. The van der Waals surface area contributed by atoms with Gasteiger partial charge in [-0.3, -0.25) is 4.90 Å². The fourth-order valence-corrected chi connectivity index (χ4v) is 3.10. The highest BCUT2D eigenvalue weighted by atomic mass is 79.9. The van der Waals surface area contributed by atoms with Crippen molar-refractivity contribution in [2.45, 2.75) is 32.4 Å². The summed E-state index contributed by atoms with van der Waals surface area (Å²) in [6.45, 7) is 3.64. The summed E-state index contributed by atoms with van der Waals surface area (Å²) in [5, 5.41) is 7.98. The molecule has 19 heavy (non-hydrogen) atoms. The number of aryl methyl sites for hydroxylation is 1. The maximum absolute atomic E-state index is 5.48. The van der Waals surface area contributed by atoms with Gasteiger partial charge in [0.2, 0.25) is 11.8 Å². The van der Waals surface area contributed by atoms with E-state index in [4.69, 9.17) is 4.42 Å². The number of aromatic nitrogens is 2. The Morgan fingerprint density at radius 3 is 3.05 bits per heavy atom. The molecule has 5 heteroatoms. The highest BCUT2D eigenvalue weighted by Gasteiger charge is 2.27. The van der Waals surface area contributed by atoms with E-state index in [1.165, 1.54) is 18.4 Å². The molecule has 0 spiro atoms. The lowest BCUT2D eigenvalue weighted by Gasteiger charge is -2.23. The van der Waals surface area contributed by atoms with Gasteiger partial charge in [0, 0.05) is 17.4 Å². The minimum atomic E-state index is 0.449. The smallest absolute Gasteiger partial charge is 0.230 e. The first-order chi connectivity index (χ1) is 9.22. The van der Waals surface area contributed by atoms with E-state index in [2.05, 4.69) is 55.3 Å². The molecule has 0 amide bonds. The van der Waals surface area contributed by atoms with Crippen LogP contribution in [-0.4, -0.2) is 21.6 Å². The predicted octanol–water partition coefficient (Wildman–Crippen LogP) is 3.48. The molecule has 0 radical (unpaired) electrons. The van der Waals surface area contributed by atoms with Crippen molar-refractivity contribution >= 4 is 15.9 Å². The molecule has 0 saturated carbocycles. The number of hydrogen-bond donors (Lipinski definition) is 0. The SMILES string of the molecule is Cc1nnc(CN2CCCC2c2cccc(Br)c2)o1. The van der Waals surface area contributed by atoms with Gasteiger partial charge in [-0.15, -0.1) is 10.2 Å². The molecule has 2 aromatic rings. The first-order valence-corrected chi connectivity index (χ1v) is 7.30. The molecule has 0 aliphatic carbocycles. The first kappa shape index (κ1) is 12.8. The van der Waals surface area contributed by atoms with Crippen molar-refractivity contribution in [2.24, 2.45) is 0 Å². The standard InChI is InChI=1S/C14H16BrN3O/c1-10-16-17-14(19-10)9-18-7-3-6-13(18)11-4-2-5-12(15)8-11/h2,4-5,8,13H,3,6-7,9H2,1H3. The van der Waals surface area contributed by atoms with Crippen LogP contribution < -0.4 is 0 Å². The average Bonchev–Trinajstić information content (AvgIpc) is 2.99. The Hall–Kier alpha value is -1.20. The molecule has 4 nitrogen and oxygen atoms in total. The quantitative estimate of drug-likeness (QED) is 0.868. The van der Waals surface area contributed by atoms with Crippen molar-refractivity contribution in [3.63, 3.8) is 0 Å². The lowest BCUT2D eigenvalue weighted by atomic mass is 10.0. The van der Waals surface area contributed by atoms with Crippen molar-refractivity contribution in [3.8, 4) is 0 Å². The van der Waals surface area contributed by atoms with Gasteiger partial charge in [0.1, 0.15) is 0 Å². The minimum absolute atomic E-state index is 0.449. The molecule has 1 atom stereocenters. The third kappa shape index (κ3) is 2.87. The second-order valence-electron chi connectivity index (χ2n) is 4.90. The zero-order valence-corrected chi connectivity index (χ0v) is 12.4. The van der Waals surface area contributed by atoms with Gasteiger partial charge in [0.15, 0.2) is 0 Å². The molecule has 1 fully saturated rings. The van der Waals surface area contributed by atoms with Crippen LogP contribution in [0.3, 0.4) is 0 Å². The summed E-state index contributed by atoms with van der Waals surface area (Å²) in [5.41, 5.74) is 1.35. The van der Waals surface area contributed by atoms with Gasteiger partial charge in [-0.2, -0.15) is 0 Å². The van der Waals surface area contributed by atoms with Crippen LogP contribution in [0.4, 0.5) is 0 Å². The lowest BCUT2D eigenvalue weighted by Crippen LogP contribution is -2.22. The Bertz CT molecular complexity index is 569. The number of rotatable bonds is 3. The van der Waals surface area contributed by atoms with E-state index in [1.54, 1.807) is 0 Å². The number of halogens is 1. The Kier molecular flexibility index (Phi) is 3.66. The largest absolute Gasteiger partial charge is 0.424 e. The van der Waals surface area contributed by atoms with Crippen LogP contribution in [-0.2, 0) is 6.54 Å². The van der Waals surface area contributed by atoms with Gasteiger partial charge in [0.25, 0.3) is 0 Å². The average molecular weight is 322 g/mol. The molecule has 0 N–H and O–H groups in total. The molecule has 1 saturated heterocycles. The molecule has 100 valence electrons. The van der Waals surface area contributed by atoms with E-state index in [1.807, 2.05) is 6.92 Å². The number of benzene rings is 1. The summed E-state index contributed by atoms with van der Waals surface area (Å²) >= 11 is 3.54. The van der Waals surface area contributed by atoms with E-state index in [0.717, 1.165) is 17.6 Å². The maximum Gasteiger partial charge on any atom is 0.230 e. The van der Waals surface area contributed by atoms with Crippen molar-refractivity contribution in [1.82, 2.24) is 15.1 Å². The highest BCUT2D eigenvalue weighted by Crippen LogP contribution is 2.33. The van der Waals surface area contributed by atoms with Crippen LogP contribution >= 0.6 is 15.9 Å². The van der Waals surface area contributed by atoms with Gasteiger partial charge < -0.3 is 4.42 Å². The molecule has 3 rings (SSSR count). The topological polar surface area (TPSA) is 42.2 Å². The van der Waals surface area contributed by atoms with Crippen molar-refractivity contribution < 1.29 is 4.42 Å². The van der Waals surface area contributed by atoms with Gasteiger partial charge >= 0.3 is 0 Å². The zero-order valence-electron chi connectivity index (χ0n) is 10.8. The fraction of sp³-hybridized carbons (Fsp3) is 0.429. The summed E-state index contributed by atoms with van der Waals surface area (Å²) in [6, 6.07) is 8.98. The van der Waals surface area contributed by atoms with Crippen molar-refractivity contribution in [3.05, 3.63) is 46.1 Å². The summed E-state index contributed by atoms with van der Waals surface area (Å²) in [6.07, 6.45) is 2.40. The van der Waals surface area contributed by atoms with Crippen molar-refractivity contribution in [2.75, 3.05) is 6.54 Å². The summed E-state index contributed by atoms with van der Waals surface area (Å²) in [4.78, 5) is 2.41. The Morgan fingerprint density at radius 2 is 2.32 bits per heavy atom. The molecule has 0 bridgehead atoms. The third-order valence-electron chi connectivity index (χ3n) is 3.50. The monoisotopic (exact) mass is 321 g/mol. The maximum atomic E-state index is 5.48. The number of likely N-dealkylation sites (tertiary alicyclic amines) is 1. The molecule has 1 aromatic carbocycles. The number of nitrogens with zero attached hydrogens (tertiary/aromatic N) is 3. The molecule has 1 unspecified atom stereocenters. The van der Waals surface area contributed by atoms with Gasteiger partial charge in [-0.1, -0.05) is 28.1 Å². The molecular formula is C14H16BrN3O. The summed E-state index contributed by atoms with van der Waals surface area (Å²) in [5.74, 6) is 1.34. The normalized spacial score (nSPS) is 20.0.